The smallest absolute Gasteiger partial charge is 0.307 e. The highest BCUT2D eigenvalue weighted by atomic mass is 16.5. The maximum atomic E-state index is 11.2. The number of ether oxygens (including phenoxy) is 1. The molecule has 0 saturated heterocycles. The summed E-state index contributed by atoms with van der Waals surface area (Å²) in [5.74, 6) is -0.213. The summed E-state index contributed by atoms with van der Waals surface area (Å²) in [6, 6.07) is 4.31. The van der Waals surface area contributed by atoms with Crippen molar-refractivity contribution < 1.29 is 9.53 Å². The Morgan fingerprint density at radius 1 is 1.24 bits per heavy atom. The van der Waals surface area contributed by atoms with Crippen LogP contribution in [0.3, 0.4) is 0 Å². The molecule has 0 saturated carbocycles. The highest BCUT2D eigenvalue weighted by Gasteiger charge is 2.06. The van der Waals surface area contributed by atoms with Crippen molar-refractivity contribution in [3.05, 3.63) is 34.4 Å². The summed E-state index contributed by atoms with van der Waals surface area (Å²) in [6.45, 7) is 7.06. The number of esters is 1. The average molecular weight is 235 g/mol. The molecule has 0 spiro atoms. The minimum atomic E-state index is -0.213. The van der Waals surface area contributed by atoms with Crippen LogP contribution >= 0.6 is 0 Å². The average Bonchev–Trinajstić information content (AvgIpc) is 2.22. The molecule has 0 radical (unpaired) electrons. The van der Waals surface area contributed by atoms with E-state index in [9.17, 15) is 4.79 Å². The Hall–Kier alpha value is -1.35. The lowest BCUT2D eigenvalue weighted by atomic mass is 9.98. The molecule has 0 amide bonds. The third kappa shape index (κ3) is 4.19. The minimum absolute atomic E-state index is 0.213. The zero-order chi connectivity index (χ0) is 12.8. The van der Waals surface area contributed by atoms with Gasteiger partial charge in [0.05, 0.1) is 13.0 Å². The predicted octanol–water partition coefficient (Wildman–Crippen LogP) is 2.05. The van der Waals surface area contributed by atoms with Crippen molar-refractivity contribution in [2.75, 3.05) is 13.2 Å². The van der Waals surface area contributed by atoms with Crippen LogP contribution < -0.4 is 5.73 Å². The molecule has 94 valence electrons. The minimum Gasteiger partial charge on any atom is -0.465 e. The lowest BCUT2D eigenvalue weighted by molar-refractivity contribution is -0.143. The van der Waals surface area contributed by atoms with Crippen LogP contribution in [-0.4, -0.2) is 19.1 Å². The molecule has 0 aliphatic heterocycles. The summed E-state index contributed by atoms with van der Waals surface area (Å²) in [6.07, 6.45) is 1.07. The molecule has 1 aromatic rings. The van der Waals surface area contributed by atoms with Gasteiger partial charge >= 0.3 is 5.97 Å². The highest BCUT2D eigenvalue weighted by Crippen LogP contribution is 2.16. The Morgan fingerprint density at radius 2 is 1.82 bits per heavy atom. The van der Waals surface area contributed by atoms with Crippen LogP contribution in [0.15, 0.2) is 12.1 Å². The number of benzene rings is 1. The van der Waals surface area contributed by atoms with Crippen LogP contribution in [0.5, 0.6) is 0 Å². The van der Waals surface area contributed by atoms with Gasteiger partial charge in [-0.3, -0.25) is 4.79 Å². The molecule has 0 unspecified atom stereocenters. The van der Waals surface area contributed by atoms with Crippen molar-refractivity contribution in [1.29, 1.82) is 0 Å². The Kier molecular flexibility index (Phi) is 5.16. The molecule has 3 heteroatoms. The van der Waals surface area contributed by atoms with Crippen LogP contribution in [-0.2, 0) is 16.0 Å². The van der Waals surface area contributed by atoms with Gasteiger partial charge in [-0.25, -0.2) is 0 Å². The summed E-state index contributed by atoms with van der Waals surface area (Å²) in [5.41, 5.74) is 10.3. The van der Waals surface area contributed by atoms with E-state index in [0.29, 0.717) is 19.6 Å². The van der Waals surface area contributed by atoms with Gasteiger partial charge in [0.2, 0.25) is 0 Å². The molecule has 17 heavy (non-hydrogen) atoms. The zero-order valence-corrected chi connectivity index (χ0v) is 10.9. The first kappa shape index (κ1) is 13.7. The quantitative estimate of drug-likeness (QED) is 0.795. The number of aryl methyl sites for hydroxylation is 3. The first-order chi connectivity index (χ1) is 8.04. The van der Waals surface area contributed by atoms with Crippen LogP contribution in [0.2, 0.25) is 0 Å². The highest BCUT2D eigenvalue weighted by molar-refractivity contribution is 5.69. The molecule has 1 rings (SSSR count). The van der Waals surface area contributed by atoms with Gasteiger partial charge in [0.15, 0.2) is 0 Å². The standard InChI is InChI=1S/C14H21NO2/c1-10-8-11(2)13(12(3)9-10)5-7-17-14(16)4-6-15/h8-9H,4-7,15H2,1-3H3. The van der Waals surface area contributed by atoms with Gasteiger partial charge in [0.25, 0.3) is 0 Å². The number of hydrogen-bond donors (Lipinski definition) is 1. The van der Waals surface area contributed by atoms with E-state index >= 15 is 0 Å². The second-order valence-corrected chi connectivity index (χ2v) is 4.39. The van der Waals surface area contributed by atoms with Crippen molar-refractivity contribution in [1.82, 2.24) is 0 Å². The predicted molar refractivity (Wildman–Crippen MR) is 69.0 cm³/mol. The fraction of sp³-hybridized carbons (Fsp3) is 0.500. The van der Waals surface area contributed by atoms with E-state index in [1.165, 1.54) is 22.3 Å². The van der Waals surface area contributed by atoms with Crippen LogP contribution in [0, 0.1) is 20.8 Å². The topological polar surface area (TPSA) is 52.3 Å². The lowest BCUT2D eigenvalue weighted by Crippen LogP contribution is -2.13. The number of carbonyl (C=O) groups is 1. The molecule has 0 heterocycles. The molecule has 2 N–H and O–H groups in total. The molecule has 0 bridgehead atoms. The zero-order valence-electron chi connectivity index (χ0n) is 10.9. The second kappa shape index (κ2) is 6.40. The van der Waals surface area contributed by atoms with Gasteiger partial charge < -0.3 is 10.5 Å². The number of rotatable bonds is 5. The van der Waals surface area contributed by atoms with Crippen molar-refractivity contribution in [2.45, 2.75) is 33.6 Å². The van der Waals surface area contributed by atoms with Crippen molar-refractivity contribution in [3.8, 4) is 0 Å². The molecule has 0 aromatic heterocycles. The first-order valence-electron chi connectivity index (χ1n) is 5.97. The SMILES string of the molecule is Cc1cc(C)c(CCOC(=O)CCN)c(C)c1. The van der Waals surface area contributed by atoms with Gasteiger partial charge in [-0.2, -0.15) is 0 Å². The van der Waals surface area contributed by atoms with Crippen molar-refractivity contribution in [3.63, 3.8) is 0 Å². The maximum Gasteiger partial charge on any atom is 0.307 e. The third-order valence-corrected chi connectivity index (χ3v) is 2.80. The number of nitrogens with two attached hydrogens (primary N) is 1. The van der Waals surface area contributed by atoms with Crippen LogP contribution in [0.25, 0.3) is 0 Å². The van der Waals surface area contributed by atoms with E-state index in [4.69, 9.17) is 10.5 Å². The molecule has 1 aromatic carbocycles. The number of carbonyl (C=O) groups excluding carboxylic acids is 1. The van der Waals surface area contributed by atoms with Crippen molar-refractivity contribution in [2.24, 2.45) is 5.73 Å². The van der Waals surface area contributed by atoms with Gasteiger partial charge in [0, 0.05) is 13.0 Å². The molecule has 0 atom stereocenters. The Bertz CT molecular complexity index is 376. The van der Waals surface area contributed by atoms with E-state index in [1.807, 2.05) is 0 Å². The van der Waals surface area contributed by atoms with Gasteiger partial charge in [-0.05, 0) is 37.5 Å². The fourth-order valence-electron chi connectivity index (χ4n) is 2.06. The molecule has 0 aliphatic carbocycles. The summed E-state index contributed by atoms with van der Waals surface area (Å²) < 4.78 is 5.11. The molecule has 0 fully saturated rings. The Morgan fingerprint density at radius 3 is 2.35 bits per heavy atom. The van der Waals surface area contributed by atoms with Crippen molar-refractivity contribution >= 4 is 5.97 Å². The van der Waals surface area contributed by atoms with E-state index in [1.54, 1.807) is 0 Å². The van der Waals surface area contributed by atoms with E-state index in [2.05, 4.69) is 32.9 Å². The lowest BCUT2D eigenvalue weighted by Gasteiger charge is -2.11. The summed E-state index contributed by atoms with van der Waals surface area (Å²) >= 11 is 0. The van der Waals surface area contributed by atoms with E-state index in [0.717, 1.165) is 6.42 Å². The van der Waals surface area contributed by atoms with Crippen LogP contribution in [0.1, 0.15) is 28.7 Å². The fourth-order valence-corrected chi connectivity index (χ4v) is 2.06. The molecule has 3 nitrogen and oxygen atoms in total. The molecule has 0 aliphatic rings. The van der Waals surface area contributed by atoms with Gasteiger partial charge in [-0.1, -0.05) is 17.7 Å². The Balaban J connectivity index is 2.55. The first-order valence-corrected chi connectivity index (χ1v) is 5.97. The summed E-state index contributed by atoms with van der Waals surface area (Å²) in [5, 5.41) is 0. The summed E-state index contributed by atoms with van der Waals surface area (Å²) in [7, 11) is 0. The maximum absolute atomic E-state index is 11.2. The number of hydrogen-bond acceptors (Lipinski definition) is 3. The van der Waals surface area contributed by atoms with Crippen LogP contribution in [0.4, 0.5) is 0 Å². The van der Waals surface area contributed by atoms with E-state index < -0.39 is 0 Å². The third-order valence-electron chi connectivity index (χ3n) is 2.80. The molecular formula is C14H21NO2. The normalized spacial score (nSPS) is 10.4. The van der Waals surface area contributed by atoms with E-state index in [-0.39, 0.29) is 5.97 Å². The monoisotopic (exact) mass is 235 g/mol. The molecular weight excluding hydrogens is 214 g/mol. The summed E-state index contributed by atoms with van der Waals surface area (Å²) in [4.78, 5) is 11.2. The second-order valence-electron chi connectivity index (χ2n) is 4.39. The largest absolute Gasteiger partial charge is 0.465 e. The van der Waals surface area contributed by atoms with Gasteiger partial charge in [0.1, 0.15) is 0 Å². The Labute approximate surface area is 103 Å². The van der Waals surface area contributed by atoms with Gasteiger partial charge in [-0.15, -0.1) is 0 Å².